The molecule has 2 saturated heterocycles. The molecule has 1 N–H and O–H groups in total. The molecule has 7 heteroatoms. The molecule has 3 heterocycles. The van der Waals surface area contributed by atoms with Crippen LogP contribution in [0.1, 0.15) is 35.1 Å². The summed E-state index contributed by atoms with van der Waals surface area (Å²) < 4.78 is 22.9. The van der Waals surface area contributed by atoms with Crippen LogP contribution in [0.15, 0.2) is 24.3 Å². The normalized spacial score (nSPS) is 17.1. The Morgan fingerprint density at radius 1 is 0.971 bits per heavy atom. The third-order valence-corrected chi connectivity index (χ3v) is 7.04. The second-order valence-corrected chi connectivity index (χ2v) is 9.81. The molecule has 0 unspecified atom stereocenters. The summed E-state index contributed by atoms with van der Waals surface area (Å²) in [4.78, 5) is 9.95. The van der Waals surface area contributed by atoms with Crippen molar-refractivity contribution >= 4 is 17.0 Å². The van der Waals surface area contributed by atoms with Crippen LogP contribution in [0.5, 0.6) is 5.75 Å². The minimum absolute atomic E-state index is 0.119. The van der Waals surface area contributed by atoms with Gasteiger partial charge in [0, 0.05) is 32.7 Å². The lowest BCUT2D eigenvalue weighted by Crippen LogP contribution is -2.44. The average molecular weight is 466 g/mol. The zero-order chi connectivity index (χ0) is 23.7. The molecule has 2 aliphatic rings. The SMILES string of the molecule is Cc1cc(OCCN2CCCC2)c2nc(N3CCNCC3)n(Cc3cc(C)c(F)c(C)c3)c2c1. The van der Waals surface area contributed by atoms with Crippen LogP contribution in [0.25, 0.3) is 11.0 Å². The molecule has 0 amide bonds. The Morgan fingerprint density at radius 3 is 2.38 bits per heavy atom. The Hall–Kier alpha value is -2.64. The number of piperazine rings is 1. The van der Waals surface area contributed by atoms with Gasteiger partial charge in [-0.25, -0.2) is 9.37 Å². The summed E-state index contributed by atoms with van der Waals surface area (Å²) in [5, 5.41) is 3.43. The van der Waals surface area contributed by atoms with Gasteiger partial charge in [0.15, 0.2) is 0 Å². The number of imidazole rings is 1. The maximum Gasteiger partial charge on any atom is 0.207 e. The van der Waals surface area contributed by atoms with Crippen molar-refractivity contribution in [3.63, 3.8) is 0 Å². The minimum Gasteiger partial charge on any atom is -0.490 e. The predicted molar refractivity (Wildman–Crippen MR) is 136 cm³/mol. The first-order valence-corrected chi connectivity index (χ1v) is 12.6. The summed E-state index contributed by atoms with van der Waals surface area (Å²) in [6.45, 7) is 14.1. The van der Waals surface area contributed by atoms with Gasteiger partial charge >= 0.3 is 0 Å². The van der Waals surface area contributed by atoms with Crippen molar-refractivity contribution < 1.29 is 9.13 Å². The number of aromatic nitrogens is 2. The lowest BCUT2D eigenvalue weighted by molar-refractivity contribution is 0.239. The topological polar surface area (TPSA) is 45.6 Å². The van der Waals surface area contributed by atoms with Gasteiger partial charge in [0.25, 0.3) is 0 Å². The van der Waals surface area contributed by atoms with Crippen molar-refractivity contribution in [2.45, 2.75) is 40.2 Å². The Kier molecular flexibility index (Phi) is 6.75. The van der Waals surface area contributed by atoms with Gasteiger partial charge in [0.1, 0.15) is 23.7 Å². The third-order valence-electron chi connectivity index (χ3n) is 7.04. The number of hydrogen-bond acceptors (Lipinski definition) is 5. The number of nitrogens with zero attached hydrogens (tertiary/aromatic N) is 4. The molecule has 5 rings (SSSR count). The summed E-state index contributed by atoms with van der Waals surface area (Å²) in [6.07, 6.45) is 2.57. The van der Waals surface area contributed by atoms with E-state index in [9.17, 15) is 4.39 Å². The number of rotatable bonds is 7. The first-order valence-electron chi connectivity index (χ1n) is 12.6. The van der Waals surface area contributed by atoms with Crippen LogP contribution >= 0.6 is 0 Å². The fourth-order valence-corrected chi connectivity index (χ4v) is 5.29. The van der Waals surface area contributed by atoms with E-state index in [1.165, 1.54) is 25.9 Å². The summed E-state index contributed by atoms with van der Waals surface area (Å²) >= 11 is 0. The number of aryl methyl sites for hydroxylation is 3. The summed E-state index contributed by atoms with van der Waals surface area (Å²) in [5.41, 5.74) is 5.60. The van der Waals surface area contributed by atoms with E-state index in [0.29, 0.717) is 24.3 Å². The van der Waals surface area contributed by atoms with Gasteiger partial charge in [-0.2, -0.15) is 0 Å². The largest absolute Gasteiger partial charge is 0.490 e. The molecular weight excluding hydrogens is 429 g/mol. The number of fused-ring (bicyclic) bond motifs is 1. The van der Waals surface area contributed by atoms with Gasteiger partial charge < -0.3 is 19.5 Å². The zero-order valence-electron chi connectivity index (χ0n) is 20.7. The van der Waals surface area contributed by atoms with Crippen LogP contribution in [-0.2, 0) is 6.54 Å². The minimum atomic E-state index is -0.119. The molecule has 34 heavy (non-hydrogen) atoms. The van der Waals surface area contributed by atoms with Crippen molar-refractivity contribution in [1.82, 2.24) is 19.8 Å². The molecular formula is C27H36FN5O. The van der Waals surface area contributed by atoms with Gasteiger partial charge in [-0.1, -0.05) is 12.1 Å². The lowest BCUT2D eigenvalue weighted by Gasteiger charge is -2.29. The Balaban J connectivity index is 1.52. The van der Waals surface area contributed by atoms with Crippen LogP contribution < -0.4 is 15.0 Å². The summed E-state index contributed by atoms with van der Waals surface area (Å²) in [5.74, 6) is 1.70. The van der Waals surface area contributed by atoms with Gasteiger partial charge in [-0.05, 0) is 81.1 Å². The van der Waals surface area contributed by atoms with E-state index < -0.39 is 0 Å². The second-order valence-electron chi connectivity index (χ2n) is 9.81. The molecule has 3 aromatic rings. The van der Waals surface area contributed by atoms with E-state index in [-0.39, 0.29) is 5.82 Å². The molecule has 6 nitrogen and oxygen atoms in total. The predicted octanol–water partition coefficient (Wildman–Crippen LogP) is 4.03. The van der Waals surface area contributed by atoms with Crippen LogP contribution in [-0.4, -0.2) is 66.9 Å². The van der Waals surface area contributed by atoms with E-state index in [2.05, 4.69) is 38.7 Å². The number of hydrogen-bond donors (Lipinski definition) is 1. The quantitative estimate of drug-likeness (QED) is 0.571. The van der Waals surface area contributed by atoms with Crippen molar-refractivity contribution in [1.29, 1.82) is 0 Å². The molecule has 2 aromatic carbocycles. The molecule has 0 aliphatic carbocycles. The Bertz CT molecular complexity index is 1140. The van der Waals surface area contributed by atoms with Crippen molar-refractivity contribution in [2.75, 3.05) is 57.3 Å². The van der Waals surface area contributed by atoms with Gasteiger partial charge in [-0.3, -0.25) is 4.90 Å². The van der Waals surface area contributed by atoms with Crippen molar-refractivity contribution in [3.05, 3.63) is 52.3 Å². The van der Waals surface area contributed by atoms with E-state index in [1.54, 1.807) is 0 Å². The number of benzene rings is 2. The molecule has 0 radical (unpaired) electrons. The third kappa shape index (κ3) is 4.77. The highest BCUT2D eigenvalue weighted by atomic mass is 19.1. The molecule has 0 spiro atoms. The number of nitrogens with one attached hydrogen (secondary N) is 1. The highest BCUT2D eigenvalue weighted by Crippen LogP contribution is 2.32. The van der Waals surface area contributed by atoms with E-state index in [0.717, 1.165) is 66.6 Å². The van der Waals surface area contributed by atoms with Gasteiger partial charge in [-0.15, -0.1) is 0 Å². The van der Waals surface area contributed by atoms with Crippen LogP contribution in [0, 0.1) is 26.6 Å². The number of likely N-dealkylation sites (tertiary alicyclic amines) is 1. The highest BCUT2D eigenvalue weighted by Gasteiger charge is 2.22. The van der Waals surface area contributed by atoms with E-state index in [1.807, 2.05) is 26.0 Å². The molecule has 0 atom stereocenters. The number of anilines is 1. The molecule has 2 aliphatic heterocycles. The fourth-order valence-electron chi connectivity index (χ4n) is 5.29. The average Bonchev–Trinajstić information content (AvgIpc) is 3.46. The highest BCUT2D eigenvalue weighted by molar-refractivity contribution is 5.86. The molecule has 2 fully saturated rings. The smallest absolute Gasteiger partial charge is 0.207 e. The molecule has 0 saturated carbocycles. The Labute approximate surface area is 201 Å². The van der Waals surface area contributed by atoms with Crippen LogP contribution in [0.3, 0.4) is 0 Å². The van der Waals surface area contributed by atoms with Crippen molar-refractivity contribution in [3.8, 4) is 5.75 Å². The summed E-state index contributed by atoms with van der Waals surface area (Å²) in [7, 11) is 0. The van der Waals surface area contributed by atoms with Crippen LogP contribution in [0.4, 0.5) is 10.3 Å². The Morgan fingerprint density at radius 2 is 1.68 bits per heavy atom. The zero-order valence-corrected chi connectivity index (χ0v) is 20.7. The first kappa shape index (κ1) is 23.1. The van der Waals surface area contributed by atoms with Crippen LogP contribution in [0.2, 0.25) is 0 Å². The maximum atomic E-state index is 14.3. The number of ether oxygens (including phenoxy) is 1. The first-order chi connectivity index (χ1) is 16.5. The molecule has 0 bridgehead atoms. The van der Waals surface area contributed by atoms with Gasteiger partial charge in [0.05, 0.1) is 12.1 Å². The standard InChI is InChI=1S/C27H36FN5O/c1-19-14-23-26(24(15-19)34-13-12-31-8-4-5-9-31)30-27(32-10-6-29-7-11-32)33(23)18-22-16-20(2)25(28)21(3)17-22/h14-17,29H,4-13,18H2,1-3H3. The van der Waals surface area contributed by atoms with Crippen molar-refractivity contribution in [2.24, 2.45) is 0 Å². The summed E-state index contributed by atoms with van der Waals surface area (Å²) in [6, 6.07) is 8.22. The molecule has 182 valence electrons. The number of halogens is 1. The van der Waals surface area contributed by atoms with Gasteiger partial charge in [0.2, 0.25) is 5.95 Å². The van der Waals surface area contributed by atoms with E-state index >= 15 is 0 Å². The van der Waals surface area contributed by atoms with E-state index in [4.69, 9.17) is 9.72 Å². The second kappa shape index (κ2) is 9.92. The monoisotopic (exact) mass is 465 g/mol. The fraction of sp³-hybridized carbons (Fsp3) is 0.519. The molecule has 1 aromatic heterocycles. The lowest BCUT2D eigenvalue weighted by atomic mass is 10.1. The maximum absolute atomic E-state index is 14.3.